The predicted octanol–water partition coefficient (Wildman–Crippen LogP) is 2.73. The van der Waals surface area contributed by atoms with Crippen molar-refractivity contribution in [3.05, 3.63) is 47.5 Å². The van der Waals surface area contributed by atoms with Crippen molar-refractivity contribution in [1.82, 2.24) is 0 Å². The molecule has 132 valence electrons. The molecule has 25 heavy (non-hydrogen) atoms. The van der Waals surface area contributed by atoms with Gasteiger partial charge in [0.1, 0.15) is 5.75 Å². The molecule has 0 spiro atoms. The lowest BCUT2D eigenvalue weighted by Gasteiger charge is -2.13. The smallest absolute Gasteiger partial charge is 0.335 e. The van der Waals surface area contributed by atoms with E-state index in [9.17, 15) is 9.59 Å². The van der Waals surface area contributed by atoms with Gasteiger partial charge in [-0.1, -0.05) is 6.07 Å². The topological polar surface area (TPSA) is 94.1 Å². The molecule has 0 aromatic heterocycles. The van der Waals surface area contributed by atoms with Crippen molar-refractivity contribution in [1.29, 1.82) is 0 Å². The van der Waals surface area contributed by atoms with Gasteiger partial charge in [-0.05, 0) is 42.8 Å². The predicted molar refractivity (Wildman–Crippen MR) is 91.8 cm³/mol. The SMILES string of the molecule is COc1ccc(C)cc1NC(=O)COc1ccc(C(=O)O)cc1OC. The van der Waals surface area contributed by atoms with E-state index in [-0.39, 0.29) is 29.6 Å². The van der Waals surface area contributed by atoms with E-state index in [1.807, 2.05) is 13.0 Å². The molecule has 0 saturated heterocycles. The number of aryl methyl sites for hydroxylation is 1. The Kier molecular flexibility index (Phi) is 5.84. The van der Waals surface area contributed by atoms with E-state index < -0.39 is 5.97 Å². The van der Waals surface area contributed by atoms with Crippen LogP contribution in [0.15, 0.2) is 36.4 Å². The first kappa shape index (κ1) is 18.1. The number of anilines is 1. The summed E-state index contributed by atoms with van der Waals surface area (Å²) in [4.78, 5) is 23.1. The largest absolute Gasteiger partial charge is 0.495 e. The highest BCUT2D eigenvalue weighted by atomic mass is 16.5. The minimum atomic E-state index is -1.07. The van der Waals surface area contributed by atoms with Crippen molar-refractivity contribution in [2.24, 2.45) is 0 Å². The van der Waals surface area contributed by atoms with E-state index >= 15 is 0 Å². The fourth-order valence-electron chi connectivity index (χ4n) is 2.17. The highest BCUT2D eigenvalue weighted by molar-refractivity contribution is 5.93. The highest BCUT2D eigenvalue weighted by Crippen LogP contribution is 2.28. The van der Waals surface area contributed by atoms with E-state index in [2.05, 4.69) is 5.32 Å². The van der Waals surface area contributed by atoms with Crippen LogP contribution in [0, 0.1) is 6.92 Å². The number of carboxylic acid groups (broad SMARTS) is 1. The van der Waals surface area contributed by atoms with Crippen LogP contribution in [0.3, 0.4) is 0 Å². The number of nitrogens with one attached hydrogen (secondary N) is 1. The zero-order valence-electron chi connectivity index (χ0n) is 14.2. The van der Waals surface area contributed by atoms with E-state index in [1.165, 1.54) is 32.4 Å². The van der Waals surface area contributed by atoms with Crippen molar-refractivity contribution in [2.75, 3.05) is 26.1 Å². The van der Waals surface area contributed by atoms with Crippen LogP contribution in [0.25, 0.3) is 0 Å². The number of carboxylic acids is 1. The van der Waals surface area contributed by atoms with Gasteiger partial charge in [-0.25, -0.2) is 4.79 Å². The van der Waals surface area contributed by atoms with E-state index in [1.54, 1.807) is 12.1 Å². The van der Waals surface area contributed by atoms with Crippen LogP contribution in [-0.2, 0) is 4.79 Å². The lowest BCUT2D eigenvalue weighted by Crippen LogP contribution is -2.20. The van der Waals surface area contributed by atoms with Gasteiger partial charge >= 0.3 is 5.97 Å². The van der Waals surface area contributed by atoms with E-state index in [0.29, 0.717) is 11.4 Å². The Labute approximate surface area is 145 Å². The summed E-state index contributed by atoms with van der Waals surface area (Å²) in [6, 6.07) is 9.59. The van der Waals surface area contributed by atoms with Gasteiger partial charge in [0.25, 0.3) is 5.91 Å². The maximum atomic E-state index is 12.1. The Balaban J connectivity index is 2.05. The Morgan fingerprint density at radius 1 is 1.00 bits per heavy atom. The van der Waals surface area contributed by atoms with Crippen LogP contribution in [-0.4, -0.2) is 37.8 Å². The fourth-order valence-corrected chi connectivity index (χ4v) is 2.17. The third-order valence-corrected chi connectivity index (χ3v) is 3.40. The molecule has 0 saturated carbocycles. The normalized spacial score (nSPS) is 10.0. The Morgan fingerprint density at radius 2 is 1.68 bits per heavy atom. The standard InChI is InChI=1S/C18H19NO6/c1-11-4-6-14(23-2)13(8-11)19-17(20)10-25-15-7-5-12(18(21)22)9-16(15)24-3/h4-9H,10H2,1-3H3,(H,19,20)(H,21,22). The van der Waals surface area contributed by atoms with Gasteiger partial charge in [0.05, 0.1) is 25.5 Å². The lowest BCUT2D eigenvalue weighted by molar-refractivity contribution is -0.118. The van der Waals surface area contributed by atoms with Crippen LogP contribution in [0.4, 0.5) is 5.69 Å². The Bertz CT molecular complexity index is 787. The average Bonchev–Trinajstić information content (AvgIpc) is 2.59. The molecule has 7 nitrogen and oxygen atoms in total. The van der Waals surface area contributed by atoms with Crippen molar-refractivity contribution in [3.8, 4) is 17.2 Å². The molecule has 2 aromatic carbocycles. The minimum Gasteiger partial charge on any atom is -0.495 e. The number of carbonyl (C=O) groups excluding carboxylic acids is 1. The maximum Gasteiger partial charge on any atom is 0.335 e. The summed E-state index contributed by atoms with van der Waals surface area (Å²) in [5, 5.41) is 11.7. The third-order valence-electron chi connectivity index (χ3n) is 3.40. The van der Waals surface area contributed by atoms with Crippen molar-refractivity contribution >= 4 is 17.6 Å². The number of benzene rings is 2. The van der Waals surface area contributed by atoms with Gasteiger partial charge in [0.2, 0.25) is 0 Å². The van der Waals surface area contributed by atoms with Gasteiger partial charge < -0.3 is 24.6 Å². The van der Waals surface area contributed by atoms with Crippen LogP contribution < -0.4 is 19.5 Å². The maximum absolute atomic E-state index is 12.1. The Hall–Kier alpha value is -3.22. The molecule has 2 rings (SSSR count). The highest BCUT2D eigenvalue weighted by Gasteiger charge is 2.13. The quantitative estimate of drug-likeness (QED) is 0.801. The first-order chi connectivity index (χ1) is 11.9. The molecule has 0 unspecified atom stereocenters. The molecule has 0 aliphatic rings. The molecular formula is C18H19NO6. The second-order valence-corrected chi connectivity index (χ2v) is 5.21. The second-order valence-electron chi connectivity index (χ2n) is 5.21. The lowest BCUT2D eigenvalue weighted by atomic mass is 10.2. The summed E-state index contributed by atoms with van der Waals surface area (Å²) in [6.07, 6.45) is 0. The summed E-state index contributed by atoms with van der Waals surface area (Å²) in [5.74, 6) is -0.399. The minimum absolute atomic E-state index is 0.0677. The van der Waals surface area contributed by atoms with Gasteiger partial charge in [0, 0.05) is 0 Å². The van der Waals surface area contributed by atoms with Crippen LogP contribution >= 0.6 is 0 Å². The molecule has 2 aromatic rings. The number of hydrogen-bond acceptors (Lipinski definition) is 5. The third kappa shape index (κ3) is 4.63. The summed E-state index contributed by atoms with van der Waals surface area (Å²) in [6.45, 7) is 1.64. The molecule has 2 N–H and O–H groups in total. The number of ether oxygens (including phenoxy) is 3. The molecule has 0 aliphatic carbocycles. The number of methoxy groups -OCH3 is 2. The number of aromatic carboxylic acids is 1. The zero-order valence-corrected chi connectivity index (χ0v) is 14.2. The number of rotatable bonds is 7. The number of carbonyl (C=O) groups is 2. The molecule has 0 bridgehead atoms. The summed E-state index contributed by atoms with van der Waals surface area (Å²) >= 11 is 0. The van der Waals surface area contributed by atoms with Crippen LogP contribution in [0.2, 0.25) is 0 Å². The second kappa shape index (κ2) is 8.05. The summed E-state index contributed by atoms with van der Waals surface area (Å²) < 4.78 is 15.7. The van der Waals surface area contributed by atoms with Crippen molar-refractivity contribution < 1.29 is 28.9 Å². The van der Waals surface area contributed by atoms with Crippen molar-refractivity contribution in [2.45, 2.75) is 6.92 Å². The summed E-state index contributed by atoms with van der Waals surface area (Å²) in [7, 11) is 2.91. The molecule has 0 aliphatic heterocycles. The average molecular weight is 345 g/mol. The molecular weight excluding hydrogens is 326 g/mol. The molecule has 0 radical (unpaired) electrons. The Morgan fingerprint density at radius 3 is 2.32 bits per heavy atom. The first-order valence-electron chi connectivity index (χ1n) is 7.43. The van der Waals surface area contributed by atoms with Gasteiger partial charge in [0.15, 0.2) is 18.1 Å². The van der Waals surface area contributed by atoms with E-state index in [4.69, 9.17) is 19.3 Å². The van der Waals surface area contributed by atoms with Gasteiger partial charge in [-0.15, -0.1) is 0 Å². The van der Waals surface area contributed by atoms with E-state index in [0.717, 1.165) is 5.56 Å². The molecule has 7 heteroatoms. The van der Waals surface area contributed by atoms with Crippen molar-refractivity contribution in [3.63, 3.8) is 0 Å². The van der Waals surface area contributed by atoms with Crippen LogP contribution in [0.1, 0.15) is 15.9 Å². The molecule has 1 amide bonds. The first-order valence-corrected chi connectivity index (χ1v) is 7.43. The van der Waals surface area contributed by atoms with Gasteiger partial charge in [-0.2, -0.15) is 0 Å². The number of hydrogen-bond donors (Lipinski definition) is 2. The fraction of sp³-hybridized carbons (Fsp3) is 0.222. The molecule has 0 heterocycles. The number of amides is 1. The zero-order chi connectivity index (χ0) is 18.4. The molecule has 0 fully saturated rings. The van der Waals surface area contributed by atoms with Crippen LogP contribution in [0.5, 0.6) is 17.2 Å². The summed E-state index contributed by atoms with van der Waals surface area (Å²) in [5.41, 5.74) is 1.59. The molecule has 0 atom stereocenters. The van der Waals surface area contributed by atoms with Gasteiger partial charge in [-0.3, -0.25) is 4.79 Å². The monoisotopic (exact) mass is 345 g/mol.